The van der Waals surface area contributed by atoms with Crippen LogP contribution in [0.3, 0.4) is 0 Å². The van der Waals surface area contributed by atoms with Gasteiger partial charge in [0.1, 0.15) is 17.2 Å². The molecule has 0 radical (unpaired) electrons. The van der Waals surface area contributed by atoms with Crippen molar-refractivity contribution in [2.75, 3.05) is 16.8 Å². The third kappa shape index (κ3) is 3.81. The molecule has 4 rings (SSSR count). The van der Waals surface area contributed by atoms with Gasteiger partial charge < -0.3 is 20.0 Å². The van der Waals surface area contributed by atoms with Gasteiger partial charge in [-0.2, -0.15) is 0 Å². The highest BCUT2D eigenvalue weighted by Gasteiger charge is 2.22. The van der Waals surface area contributed by atoms with E-state index in [2.05, 4.69) is 10.6 Å². The maximum atomic E-state index is 13.5. The minimum Gasteiger partial charge on any atom is -0.459 e. The second kappa shape index (κ2) is 7.58. The van der Waals surface area contributed by atoms with Crippen molar-refractivity contribution in [2.45, 2.75) is 32.7 Å². The lowest BCUT2D eigenvalue weighted by Gasteiger charge is -2.17. The molecule has 1 aliphatic heterocycles. The minimum atomic E-state index is -0.396. The van der Waals surface area contributed by atoms with Crippen molar-refractivity contribution in [3.8, 4) is 0 Å². The largest absolute Gasteiger partial charge is 0.459 e. The van der Waals surface area contributed by atoms with E-state index in [9.17, 15) is 14.0 Å². The lowest BCUT2D eigenvalue weighted by Crippen LogP contribution is -2.31. The summed E-state index contributed by atoms with van der Waals surface area (Å²) in [6.45, 7) is 4.38. The molecule has 3 amide bonds. The van der Waals surface area contributed by atoms with Gasteiger partial charge >= 0.3 is 6.03 Å². The molecule has 150 valence electrons. The van der Waals surface area contributed by atoms with Crippen LogP contribution in [0.1, 0.15) is 37.1 Å². The fraction of sp³-hybridized carbons (Fsp3) is 0.273. The van der Waals surface area contributed by atoms with Crippen molar-refractivity contribution >= 4 is 34.3 Å². The minimum absolute atomic E-state index is 0.123. The number of fused-ring (bicyclic) bond motifs is 1. The SMILES string of the molecule is Cc1c(C(C)NC(=O)Nc2ccc(N3CCCC3=O)cc2)oc2ccc(F)cc12. The number of hydrogen-bond acceptors (Lipinski definition) is 3. The summed E-state index contributed by atoms with van der Waals surface area (Å²) in [7, 11) is 0. The number of carbonyl (C=O) groups is 2. The van der Waals surface area contributed by atoms with Crippen molar-refractivity contribution in [2.24, 2.45) is 0 Å². The Morgan fingerprint density at radius 3 is 2.66 bits per heavy atom. The maximum absolute atomic E-state index is 13.5. The molecule has 6 nitrogen and oxygen atoms in total. The number of anilines is 2. The molecule has 1 aromatic heterocycles. The summed E-state index contributed by atoms with van der Waals surface area (Å²) in [6, 6.07) is 10.7. The molecule has 0 aliphatic carbocycles. The fourth-order valence-electron chi connectivity index (χ4n) is 3.70. The smallest absolute Gasteiger partial charge is 0.319 e. The number of halogens is 1. The number of nitrogens with zero attached hydrogens (tertiary/aromatic N) is 1. The zero-order chi connectivity index (χ0) is 20.5. The summed E-state index contributed by atoms with van der Waals surface area (Å²) in [6.07, 6.45) is 1.45. The van der Waals surface area contributed by atoms with Crippen LogP contribution in [-0.4, -0.2) is 18.5 Å². The van der Waals surface area contributed by atoms with Crippen molar-refractivity contribution < 1.29 is 18.4 Å². The number of nitrogens with one attached hydrogen (secondary N) is 2. The van der Waals surface area contributed by atoms with E-state index in [1.807, 2.05) is 26.0 Å². The van der Waals surface area contributed by atoms with E-state index >= 15 is 0 Å². The van der Waals surface area contributed by atoms with Gasteiger partial charge in [-0.1, -0.05) is 0 Å². The Morgan fingerprint density at radius 2 is 1.97 bits per heavy atom. The van der Waals surface area contributed by atoms with E-state index in [0.29, 0.717) is 28.8 Å². The Morgan fingerprint density at radius 1 is 1.21 bits per heavy atom. The first-order valence-electron chi connectivity index (χ1n) is 9.59. The van der Waals surface area contributed by atoms with Gasteiger partial charge in [0.05, 0.1) is 6.04 Å². The number of carbonyl (C=O) groups excluding carboxylic acids is 2. The van der Waals surface area contributed by atoms with E-state index in [1.54, 1.807) is 23.1 Å². The number of furan rings is 1. The first-order valence-corrected chi connectivity index (χ1v) is 9.59. The van der Waals surface area contributed by atoms with Gasteiger partial charge in [0.15, 0.2) is 0 Å². The van der Waals surface area contributed by atoms with Gasteiger partial charge in [0.25, 0.3) is 0 Å². The Balaban J connectivity index is 1.42. The van der Waals surface area contributed by atoms with Gasteiger partial charge in [-0.05, 0) is 62.7 Å². The highest BCUT2D eigenvalue weighted by molar-refractivity contribution is 5.96. The summed E-state index contributed by atoms with van der Waals surface area (Å²) in [5, 5.41) is 6.31. The number of rotatable bonds is 4. The second-order valence-electron chi connectivity index (χ2n) is 7.25. The number of benzene rings is 2. The van der Waals surface area contributed by atoms with Crippen LogP contribution in [0.5, 0.6) is 0 Å². The Kier molecular flexibility index (Phi) is 4.96. The predicted molar refractivity (Wildman–Crippen MR) is 110 cm³/mol. The van der Waals surface area contributed by atoms with Gasteiger partial charge in [0.2, 0.25) is 5.91 Å². The second-order valence-corrected chi connectivity index (χ2v) is 7.25. The molecular weight excluding hydrogens is 373 g/mol. The average molecular weight is 395 g/mol. The van der Waals surface area contributed by atoms with Gasteiger partial charge in [-0.3, -0.25) is 4.79 Å². The van der Waals surface area contributed by atoms with Crippen LogP contribution in [0.25, 0.3) is 11.0 Å². The van der Waals surface area contributed by atoms with Crippen LogP contribution in [0.2, 0.25) is 0 Å². The monoisotopic (exact) mass is 395 g/mol. The number of aryl methyl sites for hydroxylation is 1. The molecule has 1 saturated heterocycles. The molecule has 2 heterocycles. The van der Waals surface area contributed by atoms with Gasteiger partial charge in [-0.25, -0.2) is 9.18 Å². The number of urea groups is 1. The highest BCUT2D eigenvalue weighted by atomic mass is 19.1. The van der Waals surface area contributed by atoms with Crippen LogP contribution in [0.4, 0.5) is 20.6 Å². The lowest BCUT2D eigenvalue weighted by atomic mass is 10.1. The van der Waals surface area contributed by atoms with Crippen molar-refractivity contribution in [3.05, 3.63) is 59.6 Å². The molecule has 2 N–H and O–H groups in total. The van der Waals surface area contributed by atoms with E-state index in [4.69, 9.17) is 4.42 Å². The van der Waals surface area contributed by atoms with E-state index < -0.39 is 6.04 Å². The Hall–Kier alpha value is -3.35. The topological polar surface area (TPSA) is 74.6 Å². The molecule has 29 heavy (non-hydrogen) atoms. The highest BCUT2D eigenvalue weighted by Crippen LogP contribution is 2.30. The van der Waals surface area contributed by atoms with Crippen molar-refractivity contribution in [1.29, 1.82) is 0 Å². The summed E-state index contributed by atoms with van der Waals surface area (Å²) in [4.78, 5) is 26.0. The molecule has 1 atom stereocenters. The quantitative estimate of drug-likeness (QED) is 0.660. The third-order valence-electron chi connectivity index (χ3n) is 5.19. The molecule has 7 heteroatoms. The Bertz CT molecular complexity index is 1070. The first-order chi connectivity index (χ1) is 13.9. The van der Waals surface area contributed by atoms with E-state index in [1.165, 1.54) is 12.1 Å². The molecular formula is C22H22FN3O3. The number of amides is 3. The standard InChI is InChI=1S/C22H22FN3O3/c1-13-18-12-15(23)5-10-19(18)29-21(13)14(2)24-22(28)25-16-6-8-17(9-7-16)26-11-3-4-20(26)27/h5-10,12,14H,3-4,11H2,1-2H3,(H2,24,25,28). The third-order valence-corrected chi connectivity index (χ3v) is 5.19. The fourth-order valence-corrected chi connectivity index (χ4v) is 3.70. The molecule has 2 aromatic carbocycles. The van der Waals surface area contributed by atoms with Crippen molar-refractivity contribution in [3.63, 3.8) is 0 Å². The predicted octanol–water partition coefficient (Wildman–Crippen LogP) is 4.89. The van der Waals surface area contributed by atoms with Crippen LogP contribution in [0.15, 0.2) is 46.9 Å². The van der Waals surface area contributed by atoms with Gasteiger partial charge in [-0.15, -0.1) is 0 Å². The molecule has 0 bridgehead atoms. The van der Waals surface area contributed by atoms with Crippen LogP contribution in [0, 0.1) is 12.7 Å². The molecule has 1 unspecified atom stereocenters. The molecule has 0 spiro atoms. The van der Waals surface area contributed by atoms with Crippen LogP contribution in [-0.2, 0) is 4.79 Å². The zero-order valence-electron chi connectivity index (χ0n) is 16.3. The Labute approximate surface area is 167 Å². The molecule has 1 aliphatic rings. The summed E-state index contributed by atoms with van der Waals surface area (Å²) >= 11 is 0. The van der Waals surface area contributed by atoms with E-state index in [-0.39, 0.29) is 17.8 Å². The van der Waals surface area contributed by atoms with Crippen LogP contribution >= 0.6 is 0 Å². The van der Waals surface area contributed by atoms with E-state index in [0.717, 1.165) is 24.2 Å². The van der Waals surface area contributed by atoms with Crippen molar-refractivity contribution in [1.82, 2.24) is 5.32 Å². The maximum Gasteiger partial charge on any atom is 0.319 e. The summed E-state index contributed by atoms with van der Waals surface area (Å²) < 4.78 is 19.3. The number of hydrogen-bond donors (Lipinski definition) is 2. The first kappa shape index (κ1) is 19.0. The average Bonchev–Trinajstić information content (AvgIpc) is 3.26. The zero-order valence-corrected chi connectivity index (χ0v) is 16.3. The summed E-state index contributed by atoms with van der Waals surface area (Å²) in [5.41, 5.74) is 2.83. The normalized spacial score (nSPS) is 15.0. The van der Waals surface area contributed by atoms with Crippen LogP contribution < -0.4 is 15.5 Å². The summed E-state index contributed by atoms with van der Waals surface area (Å²) in [5.74, 6) is 0.382. The lowest BCUT2D eigenvalue weighted by molar-refractivity contribution is -0.117. The van der Waals surface area contributed by atoms with Gasteiger partial charge in [0, 0.05) is 35.3 Å². The molecule has 1 fully saturated rings. The molecule has 3 aromatic rings. The molecule has 0 saturated carbocycles.